The Kier molecular flexibility index (Phi) is 4.85. The number of ether oxygens (including phenoxy) is 1. The number of benzene rings is 1. The summed E-state index contributed by atoms with van der Waals surface area (Å²) in [5.74, 6) is -0.217. The highest BCUT2D eigenvalue weighted by atomic mass is 35.5. The van der Waals surface area contributed by atoms with E-state index in [1.54, 1.807) is 0 Å². The van der Waals surface area contributed by atoms with Crippen molar-refractivity contribution in [3.05, 3.63) is 28.2 Å². The Hall–Kier alpha value is -0.860. The minimum atomic E-state index is -3.61. The Balaban J connectivity index is 1.71. The number of piperazine rings is 1. The van der Waals surface area contributed by atoms with Crippen molar-refractivity contribution in [1.29, 1.82) is 0 Å². The fourth-order valence-electron chi connectivity index (χ4n) is 2.86. The third-order valence-electron chi connectivity index (χ3n) is 4.15. The first kappa shape index (κ1) is 17.0. The van der Waals surface area contributed by atoms with Crippen LogP contribution in [0.5, 0.6) is 0 Å². The summed E-state index contributed by atoms with van der Waals surface area (Å²) in [5.41, 5.74) is 0. The summed E-state index contributed by atoms with van der Waals surface area (Å²) in [5, 5.41) is 0.523. The van der Waals surface area contributed by atoms with Crippen LogP contribution in [0.4, 0.5) is 0 Å². The molecular formula is C14H16Cl2N2O4S. The van der Waals surface area contributed by atoms with Crippen LogP contribution < -0.4 is 0 Å². The van der Waals surface area contributed by atoms with E-state index in [9.17, 15) is 13.2 Å². The Bertz CT molecular complexity index is 717. The van der Waals surface area contributed by atoms with Gasteiger partial charge >= 0.3 is 5.97 Å². The van der Waals surface area contributed by atoms with Crippen LogP contribution in [-0.2, 0) is 19.6 Å². The molecule has 0 aliphatic carbocycles. The third-order valence-corrected chi connectivity index (χ3v) is 6.78. The summed E-state index contributed by atoms with van der Waals surface area (Å²) in [6.07, 6.45) is 0.665. The number of halogens is 2. The van der Waals surface area contributed by atoms with Crippen LogP contribution in [0.3, 0.4) is 0 Å². The minimum absolute atomic E-state index is 0.126. The van der Waals surface area contributed by atoms with Crippen LogP contribution in [0.15, 0.2) is 23.1 Å². The van der Waals surface area contributed by atoms with Crippen LogP contribution in [0.2, 0.25) is 10.0 Å². The van der Waals surface area contributed by atoms with E-state index in [1.807, 2.05) is 4.90 Å². The molecule has 1 aromatic carbocycles. The number of esters is 1. The molecule has 2 aliphatic heterocycles. The molecule has 1 atom stereocenters. The van der Waals surface area contributed by atoms with Crippen molar-refractivity contribution in [2.75, 3.05) is 32.8 Å². The van der Waals surface area contributed by atoms with Gasteiger partial charge in [0.15, 0.2) is 0 Å². The molecule has 0 N–H and O–H groups in total. The lowest BCUT2D eigenvalue weighted by Crippen LogP contribution is -2.52. The lowest BCUT2D eigenvalue weighted by Gasteiger charge is -2.35. The van der Waals surface area contributed by atoms with Gasteiger partial charge in [-0.1, -0.05) is 23.2 Å². The summed E-state index contributed by atoms with van der Waals surface area (Å²) in [6.45, 7) is 2.09. The van der Waals surface area contributed by atoms with Gasteiger partial charge in [-0.2, -0.15) is 4.31 Å². The zero-order valence-corrected chi connectivity index (χ0v) is 14.6. The van der Waals surface area contributed by atoms with E-state index < -0.39 is 10.0 Å². The third kappa shape index (κ3) is 3.34. The molecule has 0 aromatic heterocycles. The number of sulfonamides is 1. The first-order chi connectivity index (χ1) is 10.9. The van der Waals surface area contributed by atoms with Crippen molar-refractivity contribution >= 4 is 39.2 Å². The minimum Gasteiger partial charge on any atom is -0.464 e. The SMILES string of the molecule is O=C1OCC[C@@H]1N1CCN(S(=O)(=O)c2ccc(Cl)c(Cl)c2)CC1. The van der Waals surface area contributed by atoms with Crippen molar-refractivity contribution in [1.82, 2.24) is 9.21 Å². The van der Waals surface area contributed by atoms with Crippen molar-refractivity contribution in [3.8, 4) is 0 Å². The van der Waals surface area contributed by atoms with Gasteiger partial charge in [-0.3, -0.25) is 9.69 Å². The molecule has 2 aliphatic rings. The Morgan fingerprint density at radius 2 is 1.78 bits per heavy atom. The molecular weight excluding hydrogens is 363 g/mol. The van der Waals surface area contributed by atoms with Crippen LogP contribution in [0.25, 0.3) is 0 Å². The van der Waals surface area contributed by atoms with Crippen LogP contribution in [-0.4, -0.2) is 62.4 Å². The lowest BCUT2D eigenvalue weighted by atomic mass is 10.2. The molecule has 0 unspecified atom stereocenters. The number of carbonyl (C=O) groups is 1. The number of carbonyl (C=O) groups excluding carboxylic acids is 1. The Labute approximate surface area is 145 Å². The lowest BCUT2D eigenvalue weighted by molar-refractivity contribution is -0.142. The highest BCUT2D eigenvalue weighted by Crippen LogP contribution is 2.27. The zero-order valence-electron chi connectivity index (χ0n) is 12.2. The standard InChI is InChI=1S/C14H16Cl2N2O4S/c15-11-2-1-10(9-12(11)16)23(20,21)18-6-4-17(5-7-18)13-3-8-22-14(13)19/h1-2,9,13H,3-8H2/t13-/m0/s1. The number of rotatable bonds is 3. The molecule has 0 saturated carbocycles. The van der Waals surface area contributed by atoms with E-state index in [0.29, 0.717) is 44.2 Å². The van der Waals surface area contributed by atoms with Crippen LogP contribution in [0, 0.1) is 0 Å². The summed E-state index contributed by atoms with van der Waals surface area (Å²) in [6, 6.07) is 4.04. The average molecular weight is 379 g/mol. The zero-order chi connectivity index (χ0) is 16.6. The summed E-state index contributed by atoms with van der Waals surface area (Å²) in [4.78, 5) is 13.7. The van der Waals surface area contributed by atoms with Gasteiger partial charge in [0.1, 0.15) is 6.04 Å². The smallest absolute Gasteiger partial charge is 0.323 e. The molecule has 1 aromatic rings. The van der Waals surface area contributed by atoms with Gasteiger partial charge in [0.05, 0.1) is 21.5 Å². The van der Waals surface area contributed by atoms with Gasteiger partial charge in [0.25, 0.3) is 0 Å². The molecule has 9 heteroatoms. The summed E-state index contributed by atoms with van der Waals surface area (Å²) in [7, 11) is -3.61. The molecule has 0 radical (unpaired) electrons. The van der Waals surface area contributed by atoms with E-state index >= 15 is 0 Å². The molecule has 2 fully saturated rings. The fourth-order valence-corrected chi connectivity index (χ4v) is 4.67. The topological polar surface area (TPSA) is 66.9 Å². The van der Waals surface area contributed by atoms with E-state index in [4.69, 9.17) is 27.9 Å². The normalized spacial score (nSPS) is 23.9. The van der Waals surface area contributed by atoms with Gasteiger partial charge in [-0.05, 0) is 18.2 Å². The number of nitrogens with zero attached hydrogens (tertiary/aromatic N) is 2. The molecule has 126 valence electrons. The molecule has 2 heterocycles. The van der Waals surface area contributed by atoms with Gasteiger partial charge in [-0.15, -0.1) is 0 Å². The molecule has 2 saturated heterocycles. The first-order valence-electron chi connectivity index (χ1n) is 7.25. The Morgan fingerprint density at radius 1 is 1.09 bits per heavy atom. The van der Waals surface area contributed by atoms with Gasteiger partial charge in [0, 0.05) is 32.6 Å². The summed E-state index contributed by atoms with van der Waals surface area (Å²) >= 11 is 11.7. The highest BCUT2D eigenvalue weighted by Gasteiger charge is 2.36. The average Bonchev–Trinajstić information content (AvgIpc) is 2.96. The van der Waals surface area contributed by atoms with Gasteiger partial charge in [0.2, 0.25) is 10.0 Å². The second-order valence-corrected chi connectivity index (χ2v) is 8.24. The molecule has 23 heavy (non-hydrogen) atoms. The summed E-state index contributed by atoms with van der Waals surface area (Å²) < 4.78 is 31.7. The fraction of sp³-hybridized carbons (Fsp3) is 0.500. The molecule has 0 bridgehead atoms. The molecule has 0 spiro atoms. The van der Waals surface area contributed by atoms with Crippen LogP contribution in [0.1, 0.15) is 6.42 Å². The van der Waals surface area contributed by atoms with Gasteiger partial charge < -0.3 is 4.74 Å². The molecule has 3 rings (SSSR count). The quantitative estimate of drug-likeness (QED) is 0.747. The predicted molar refractivity (Wildman–Crippen MR) is 86.2 cm³/mol. The molecule has 0 amide bonds. The van der Waals surface area contributed by atoms with Crippen molar-refractivity contribution < 1.29 is 17.9 Å². The van der Waals surface area contributed by atoms with Crippen molar-refractivity contribution in [2.24, 2.45) is 0 Å². The number of cyclic esters (lactones) is 1. The maximum atomic E-state index is 12.7. The second-order valence-electron chi connectivity index (χ2n) is 5.49. The van der Waals surface area contributed by atoms with E-state index in [-0.39, 0.29) is 21.9 Å². The molecule has 6 nitrogen and oxygen atoms in total. The highest BCUT2D eigenvalue weighted by molar-refractivity contribution is 7.89. The Morgan fingerprint density at radius 3 is 2.35 bits per heavy atom. The maximum absolute atomic E-state index is 12.7. The maximum Gasteiger partial charge on any atom is 0.323 e. The van der Waals surface area contributed by atoms with Crippen molar-refractivity contribution in [2.45, 2.75) is 17.4 Å². The van der Waals surface area contributed by atoms with Gasteiger partial charge in [-0.25, -0.2) is 8.42 Å². The van der Waals surface area contributed by atoms with Crippen molar-refractivity contribution in [3.63, 3.8) is 0 Å². The number of hydrogen-bond acceptors (Lipinski definition) is 5. The first-order valence-corrected chi connectivity index (χ1v) is 9.45. The van der Waals surface area contributed by atoms with E-state index in [1.165, 1.54) is 22.5 Å². The van der Waals surface area contributed by atoms with Crippen LogP contribution >= 0.6 is 23.2 Å². The predicted octanol–water partition coefficient (Wildman–Crippen LogP) is 1.62. The number of hydrogen-bond donors (Lipinski definition) is 0. The van der Waals surface area contributed by atoms with E-state index in [0.717, 1.165) is 0 Å². The monoisotopic (exact) mass is 378 g/mol. The largest absolute Gasteiger partial charge is 0.464 e. The second kappa shape index (κ2) is 6.57. The van der Waals surface area contributed by atoms with E-state index in [2.05, 4.69) is 0 Å².